The van der Waals surface area contributed by atoms with Crippen LogP contribution in [-0.4, -0.2) is 61.0 Å². The van der Waals surface area contributed by atoms with Gasteiger partial charge in [-0.3, -0.25) is 0 Å². The van der Waals surface area contributed by atoms with Crippen LogP contribution in [0.4, 0.5) is 0 Å². The van der Waals surface area contributed by atoms with Crippen LogP contribution >= 0.6 is 0 Å². The van der Waals surface area contributed by atoms with Crippen LogP contribution in [0.1, 0.15) is 110 Å². The first-order chi connectivity index (χ1) is 27.3. The molecule has 2 heterocycles. The number of aliphatic hydroxyl groups is 1. The number of epoxide rings is 2. The quantitative estimate of drug-likeness (QED) is 0.0667. The van der Waals surface area contributed by atoms with E-state index in [1.165, 1.54) is 22.3 Å². The topological polar surface area (TPSA) is 82.2 Å². The average Bonchev–Trinajstić information content (AvgIpc) is 4.17. The molecule has 304 valence electrons. The van der Waals surface area contributed by atoms with E-state index in [9.17, 15) is 5.11 Å². The molecule has 7 heteroatoms. The molecule has 1 N–H and O–H groups in total. The molecule has 6 rings (SSSR count). The van der Waals surface area contributed by atoms with Gasteiger partial charge in [-0.05, 0) is 97.5 Å². The fourth-order valence-electron chi connectivity index (χ4n) is 7.38. The fourth-order valence-corrected chi connectivity index (χ4v) is 7.38. The smallest absolute Gasteiger partial charge is 0.122 e. The fraction of sp³-hybridized carbons (Fsp3) is 0.480. The minimum atomic E-state index is -0.756. The second-order valence-corrected chi connectivity index (χ2v) is 17.1. The summed E-state index contributed by atoms with van der Waals surface area (Å²) in [5.74, 6) is 9.43. The molecule has 0 aromatic heterocycles. The molecule has 7 nitrogen and oxygen atoms in total. The zero-order chi connectivity index (χ0) is 40.7. The summed E-state index contributed by atoms with van der Waals surface area (Å²) in [5.41, 5.74) is 3.36. The second kappa shape index (κ2) is 18.0. The highest BCUT2D eigenvalue weighted by molar-refractivity contribution is 5.43. The molecule has 2 aliphatic rings. The molecule has 0 spiro atoms. The summed E-state index contributed by atoms with van der Waals surface area (Å²) in [4.78, 5) is 0. The highest BCUT2D eigenvalue weighted by Gasteiger charge is 2.36. The van der Waals surface area contributed by atoms with Gasteiger partial charge in [-0.15, -0.1) is 5.92 Å². The van der Waals surface area contributed by atoms with Crippen molar-refractivity contribution in [1.82, 2.24) is 0 Å². The Morgan fingerprint density at radius 2 is 1.07 bits per heavy atom. The lowest BCUT2D eigenvalue weighted by molar-refractivity contribution is -0.00435. The van der Waals surface area contributed by atoms with E-state index < -0.39 is 11.7 Å². The summed E-state index contributed by atoms with van der Waals surface area (Å²) in [6.07, 6.45) is 3.17. The van der Waals surface area contributed by atoms with Crippen molar-refractivity contribution in [2.45, 2.75) is 128 Å². The number of hydrogen-bond acceptors (Lipinski definition) is 7. The van der Waals surface area contributed by atoms with Crippen LogP contribution in [0.3, 0.4) is 0 Å². The van der Waals surface area contributed by atoms with Crippen molar-refractivity contribution in [3.8, 4) is 34.8 Å². The van der Waals surface area contributed by atoms with E-state index in [1.807, 2.05) is 43.3 Å². The van der Waals surface area contributed by atoms with Gasteiger partial charge in [-0.25, -0.2) is 0 Å². The highest BCUT2D eigenvalue weighted by atomic mass is 16.6. The van der Waals surface area contributed by atoms with Gasteiger partial charge in [-0.2, -0.15) is 0 Å². The maximum absolute atomic E-state index is 11.3. The molecule has 4 aromatic rings. The molecule has 0 radical (unpaired) electrons. The van der Waals surface area contributed by atoms with Gasteiger partial charge < -0.3 is 33.5 Å². The third kappa shape index (κ3) is 11.1. The van der Waals surface area contributed by atoms with Gasteiger partial charge in [0.1, 0.15) is 53.5 Å². The van der Waals surface area contributed by atoms with Gasteiger partial charge >= 0.3 is 0 Å². The van der Waals surface area contributed by atoms with E-state index >= 15 is 0 Å². The van der Waals surface area contributed by atoms with E-state index in [4.69, 9.17) is 28.4 Å². The van der Waals surface area contributed by atoms with Gasteiger partial charge in [0, 0.05) is 30.1 Å². The Hall–Kier alpha value is -4.48. The SMILES string of the molecule is CC#CCC(CC)(CC(O)COc1ccc(C(C)(C)c2ccc(OC(C)(CC)CC3CO3)cc2)cc1)Oc1ccc(C(C)(C)c2ccc(OCC3CO3)cc2)cc1. The van der Waals surface area contributed by atoms with Gasteiger partial charge in [0.25, 0.3) is 0 Å². The predicted octanol–water partition coefficient (Wildman–Crippen LogP) is 10.2. The minimum Gasteiger partial charge on any atom is -0.491 e. The zero-order valence-corrected chi connectivity index (χ0v) is 35.2. The Morgan fingerprint density at radius 1 is 0.632 bits per heavy atom. The third-order valence-electron chi connectivity index (χ3n) is 11.9. The molecule has 2 saturated heterocycles. The molecule has 2 fully saturated rings. The molecule has 4 aromatic carbocycles. The molecule has 0 aliphatic carbocycles. The summed E-state index contributed by atoms with van der Waals surface area (Å²) in [7, 11) is 0. The number of rotatable bonds is 21. The molecular weight excluding hydrogens is 713 g/mol. The van der Waals surface area contributed by atoms with E-state index in [-0.39, 0.29) is 29.1 Å². The van der Waals surface area contributed by atoms with Gasteiger partial charge in [0.15, 0.2) is 0 Å². The summed E-state index contributed by atoms with van der Waals surface area (Å²) in [6.45, 7) is 19.5. The Balaban J connectivity index is 1.04. The normalized spacial score (nSPS) is 18.9. The second-order valence-electron chi connectivity index (χ2n) is 17.1. The van der Waals surface area contributed by atoms with Gasteiger partial charge in [-0.1, -0.05) is 96.0 Å². The van der Waals surface area contributed by atoms with Gasteiger partial charge in [0.2, 0.25) is 0 Å². The lowest BCUT2D eigenvalue weighted by atomic mass is 9.78. The number of aliphatic hydroxyl groups excluding tert-OH is 1. The Labute approximate surface area is 341 Å². The predicted molar refractivity (Wildman–Crippen MR) is 227 cm³/mol. The Morgan fingerprint density at radius 3 is 1.49 bits per heavy atom. The molecule has 0 bridgehead atoms. The van der Waals surface area contributed by atoms with Crippen molar-refractivity contribution in [1.29, 1.82) is 0 Å². The van der Waals surface area contributed by atoms with Crippen molar-refractivity contribution in [2.75, 3.05) is 26.4 Å². The maximum atomic E-state index is 11.3. The summed E-state index contributed by atoms with van der Waals surface area (Å²) >= 11 is 0. The van der Waals surface area contributed by atoms with E-state index in [1.54, 1.807) is 0 Å². The summed E-state index contributed by atoms with van der Waals surface area (Å²) in [5, 5.41) is 11.3. The standard InChI is InChI=1S/C50H62O7/c1-9-12-29-50(11-3,57-44-27-19-39(20-28-44)48(6,7)37-15-23-42(24-16-37)53-34-46-35-55-46)30-40(51)32-52-41-21-13-36(14-22-41)47(4,5)38-17-25-43(26-18-38)56-49(8,10-2)31-45-33-54-45/h13-28,40,45-46,51H,10-11,29-35H2,1-8H3. The monoisotopic (exact) mass is 774 g/mol. The van der Waals surface area contributed by atoms with Crippen molar-refractivity contribution in [3.63, 3.8) is 0 Å². The highest BCUT2D eigenvalue weighted by Crippen LogP contribution is 2.37. The number of benzene rings is 4. The largest absolute Gasteiger partial charge is 0.491 e. The number of hydrogen-bond donors (Lipinski definition) is 1. The van der Waals surface area contributed by atoms with Crippen molar-refractivity contribution in [3.05, 3.63) is 119 Å². The molecule has 57 heavy (non-hydrogen) atoms. The average molecular weight is 775 g/mol. The molecule has 0 saturated carbocycles. The lowest BCUT2D eigenvalue weighted by Gasteiger charge is -2.34. The molecule has 0 amide bonds. The van der Waals surface area contributed by atoms with E-state index in [2.05, 4.69) is 121 Å². The van der Waals surface area contributed by atoms with Crippen molar-refractivity contribution >= 4 is 0 Å². The summed E-state index contributed by atoms with van der Waals surface area (Å²) in [6, 6.07) is 33.2. The van der Waals surface area contributed by atoms with E-state index in [0.717, 1.165) is 43.3 Å². The first-order valence-electron chi connectivity index (χ1n) is 20.6. The van der Waals surface area contributed by atoms with Crippen LogP contribution in [0.2, 0.25) is 0 Å². The third-order valence-corrected chi connectivity index (χ3v) is 11.9. The minimum absolute atomic E-state index is 0.143. The Kier molecular flexibility index (Phi) is 13.3. The Bertz CT molecular complexity index is 1930. The first kappa shape index (κ1) is 42.1. The molecule has 5 unspecified atom stereocenters. The molecule has 2 aliphatic heterocycles. The van der Waals surface area contributed by atoms with Crippen molar-refractivity contribution in [2.24, 2.45) is 0 Å². The van der Waals surface area contributed by atoms with Crippen LogP contribution in [-0.2, 0) is 20.3 Å². The molecule has 5 atom stereocenters. The van der Waals surface area contributed by atoms with E-state index in [0.29, 0.717) is 37.7 Å². The van der Waals surface area contributed by atoms with Gasteiger partial charge in [0.05, 0.1) is 25.4 Å². The van der Waals surface area contributed by atoms with Crippen LogP contribution in [0.15, 0.2) is 97.1 Å². The maximum Gasteiger partial charge on any atom is 0.122 e. The van der Waals surface area contributed by atoms with Crippen LogP contribution in [0.5, 0.6) is 23.0 Å². The van der Waals surface area contributed by atoms with Crippen LogP contribution < -0.4 is 18.9 Å². The molecular formula is C50H62O7. The van der Waals surface area contributed by atoms with Crippen molar-refractivity contribution < 1.29 is 33.5 Å². The lowest BCUT2D eigenvalue weighted by Crippen LogP contribution is -2.40. The number of ether oxygens (including phenoxy) is 6. The van der Waals surface area contributed by atoms with Crippen LogP contribution in [0.25, 0.3) is 0 Å². The first-order valence-corrected chi connectivity index (χ1v) is 20.6. The van der Waals surface area contributed by atoms with Crippen LogP contribution in [0, 0.1) is 11.8 Å². The summed E-state index contributed by atoms with van der Waals surface area (Å²) < 4.78 is 35.8. The zero-order valence-electron chi connectivity index (χ0n) is 35.2.